The normalized spacial score (nSPS) is 34.7. The van der Waals surface area contributed by atoms with Gasteiger partial charge in [-0.25, -0.2) is 0 Å². The van der Waals surface area contributed by atoms with Crippen LogP contribution in [0.3, 0.4) is 0 Å². The van der Waals surface area contributed by atoms with E-state index in [4.69, 9.17) is 10.5 Å². The molecule has 0 N–H and O–H groups in total. The molecule has 0 unspecified atom stereocenters. The molecule has 1 rings (SSSR count). The number of rotatable bonds is 1. The number of carbonyl (C=O) groups is 1. The SMILES string of the molecule is N#CC1CCC(C#N)(C=O)CC1. The van der Waals surface area contributed by atoms with Crippen molar-refractivity contribution >= 4 is 6.29 Å². The molecule has 1 fully saturated rings. The summed E-state index contributed by atoms with van der Waals surface area (Å²) in [4.78, 5) is 10.6. The first kappa shape index (κ1) is 8.74. The van der Waals surface area contributed by atoms with Crippen molar-refractivity contribution in [1.29, 1.82) is 10.5 Å². The average molecular weight is 162 g/mol. The highest BCUT2D eigenvalue weighted by Gasteiger charge is 2.35. The molecule has 0 radical (unpaired) electrons. The Morgan fingerprint density at radius 2 is 1.92 bits per heavy atom. The first-order valence-electron chi connectivity index (χ1n) is 4.03. The van der Waals surface area contributed by atoms with Crippen molar-refractivity contribution < 1.29 is 4.79 Å². The number of hydrogen-bond acceptors (Lipinski definition) is 3. The van der Waals surface area contributed by atoms with Crippen LogP contribution in [0.4, 0.5) is 0 Å². The van der Waals surface area contributed by atoms with Crippen molar-refractivity contribution in [3.63, 3.8) is 0 Å². The summed E-state index contributed by atoms with van der Waals surface area (Å²) >= 11 is 0. The topological polar surface area (TPSA) is 64.7 Å². The Balaban J connectivity index is 2.62. The molecule has 0 spiro atoms. The zero-order valence-electron chi connectivity index (χ0n) is 6.79. The van der Waals surface area contributed by atoms with Crippen molar-refractivity contribution in [2.75, 3.05) is 0 Å². The van der Waals surface area contributed by atoms with E-state index < -0.39 is 5.41 Å². The Morgan fingerprint density at radius 3 is 2.25 bits per heavy atom. The molecule has 1 aliphatic rings. The molecule has 0 aromatic rings. The highest BCUT2D eigenvalue weighted by Crippen LogP contribution is 2.36. The van der Waals surface area contributed by atoms with Crippen molar-refractivity contribution in [2.45, 2.75) is 25.7 Å². The van der Waals surface area contributed by atoms with Crippen LogP contribution in [0, 0.1) is 34.0 Å². The van der Waals surface area contributed by atoms with Gasteiger partial charge in [0.15, 0.2) is 0 Å². The summed E-state index contributed by atoms with van der Waals surface area (Å²) in [5.74, 6) is 0.0476. The molecule has 0 bridgehead atoms. The van der Waals surface area contributed by atoms with Crippen molar-refractivity contribution in [3.05, 3.63) is 0 Å². The maximum Gasteiger partial charge on any atom is 0.140 e. The standard InChI is InChI=1S/C9H10N2O/c10-5-8-1-3-9(6-11,7-12)4-2-8/h7-8H,1-4H2. The molecule has 0 amide bonds. The smallest absolute Gasteiger partial charge is 0.140 e. The average Bonchev–Trinajstić information content (AvgIpc) is 2.18. The summed E-state index contributed by atoms with van der Waals surface area (Å²) in [6, 6.07) is 4.20. The summed E-state index contributed by atoms with van der Waals surface area (Å²) in [5.41, 5.74) is -0.784. The van der Waals surface area contributed by atoms with Gasteiger partial charge in [0, 0.05) is 5.92 Å². The van der Waals surface area contributed by atoms with Crippen molar-refractivity contribution in [2.24, 2.45) is 11.3 Å². The Bertz CT molecular complexity index is 251. The first-order chi connectivity index (χ1) is 5.76. The molecule has 1 aliphatic carbocycles. The van der Waals surface area contributed by atoms with Crippen molar-refractivity contribution in [3.8, 4) is 12.1 Å². The number of nitriles is 2. The molecule has 3 nitrogen and oxygen atoms in total. The minimum absolute atomic E-state index is 0.0476. The number of aldehydes is 1. The van der Waals surface area contributed by atoms with Gasteiger partial charge in [-0.2, -0.15) is 10.5 Å². The molecule has 0 saturated heterocycles. The second kappa shape index (κ2) is 3.36. The van der Waals surface area contributed by atoms with E-state index >= 15 is 0 Å². The van der Waals surface area contributed by atoms with Crippen LogP contribution in [0.15, 0.2) is 0 Å². The third kappa shape index (κ3) is 1.46. The fourth-order valence-corrected chi connectivity index (χ4v) is 1.52. The summed E-state index contributed by atoms with van der Waals surface area (Å²) in [6.07, 6.45) is 3.20. The number of nitrogens with zero attached hydrogens (tertiary/aromatic N) is 2. The van der Waals surface area contributed by atoms with Crippen LogP contribution < -0.4 is 0 Å². The van der Waals surface area contributed by atoms with E-state index in [2.05, 4.69) is 6.07 Å². The van der Waals surface area contributed by atoms with Crippen LogP contribution in [0.25, 0.3) is 0 Å². The van der Waals surface area contributed by atoms with E-state index in [1.165, 1.54) is 0 Å². The minimum atomic E-state index is -0.784. The van der Waals surface area contributed by atoms with Gasteiger partial charge in [-0.1, -0.05) is 0 Å². The summed E-state index contributed by atoms with van der Waals surface area (Å²) in [7, 11) is 0. The monoisotopic (exact) mass is 162 g/mol. The fraction of sp³-hybridized carbons (Fsp3) is 0.667. The lowest BCUT2D eigenvalue weighted by Crippen LogP contribution is -2.26. The van der Waals surface area contributed by atoms with Gasteiger partial charge in [-0.05, 0) is 25.7 Å². The van der Waals surface area contributed by atoms with E-state index in [1.54, 1.807) is 0 Å². The van der Waals surface area contributed by atoms with Crippen molar-refractivity contribution in [1.82, 2.24) is 0 Å². The van der Waals surface area contributed by atoms with Gasteiger partial charge < -0.3 is 4.79 Å². The molecule has 1 saturated carbocycles. The van der Waals surface area contributed by atoms with Gasteiger partial charge >= 0.3 is 0 Å². The van der Waals surface area contributed by atoms with Gasteiger partial charge in [-0.3, -0.25) is 0 Å². The highest BCUT2D eigenvalue weighted by molar-refractivity contribution is 5.64. The third-order valence-corrected chi connectivity index (χ3v) is 2.51. The third-order valence-electron chi connectivity index (χ3n) is 2.51. The maximum atomic E-state index is 10.6. The zero-order valence-corrected chi connectivity index (χ0v) is 6.79. The van der Waals surface area contributed by atoms with E-state index in [0.29, 0.717) is 25.7 Å². The maximum absolute atomic E-state index is 10.6. The van der Waals surface area contributed by atoms with Crippen LogP contribution in [-0.2, 0) is 4.79 Å². The summed E-state index contributed by atoms with van der Waals surface area (Å²) in [5, 5.41) is 17.3. The highest BCUT2D eigenvalue weighted by atomic mass is 16.1. The fourth-order valence-electron chi connectivity index (χ4n) is 1.52. The lowest BCUT2D eigenvalue weighted by molar-refractivity contribution is -0.115. The number of hydrogen-bond donors (Lipinski definition) is 0. The molecule has 0 aliphatic heterocycles. The summed E-state index contributed by atoms with van der Waals surface area (Å²) < 4.78 is 0. The Hall–Kier alpha value is -1.35. The molecule has 0 aromatic heterocycles. The Kier molecular flexibility index (Phi) is 2.45. The lowest BCUT2D eigenvalue weighted by Gasteiger charge is -2.27. The molecule has 0 aromatic carbocycles. The van der Waals surface area contributed by atoms with E-state index in [9.17, 15) is 4.79 Å². The predicted molar refractivity (Wildman–Crippen MR) is 41.7 cm³/mol. The number of carbonyl (C=O) groups excluding carboxylic acids is 1. The molecular formula is C9H10N2O. The second-order valence-corrected chi connectivity index (χ2v) is 3.29. The summed E-state index contributed by atoms with van der Waals surface area (Å²) in [6.45, 7) is 0. The van der Waals surface area contributed by atoms with Gasteiger partial charge in [0.1, 0.15) is 11.7 Å². The molecule has 62 valence electrons. The quantitative estimate of drug-likeness (QED) is 0.547. The van der Waals surface area contributed by atoms with Gasteiger partial charge in [0.2, 0.25) is 0 Å². The van der Waals surface area contributed by atoms with Gasteiger partial charge in [0.25, 0.3) is 0 Å². The zero-order chi connectivity index (χ0) is 9.03. The molecule has 0 atom stereocenters. The van der Waals surface area contributed by atoms with Crippen LogP contribution in [0.5, 0.6) is 0 Å². The predicted octanol–water partition coefficient (Wildman–Crippen LogP) is 1.41. The van der Waals surface area contributed by atoms with Crippen LogP contribution in [0.1, 0.15) is 25.7 Å². The van der Waals surface area contributed by atoms with Crippen LogP contribution in [0.2, 0.25) is 0 Å². The van der Waals surface area contributed by atoms with E-state index in [1.807, 2.05) is 6.07 Å². The second-order valence-electron chi connectivity index (χ2n) is 3.29. The van der Waals surface area contributed by atoms with E-state index in [0.717, 1.165) is 6.29 Å². The molecule has 3 heteroatoms. The Labute approximate surface area is 71.6 Å². The first-order valence-corrected chi connectivity index (χ1v) is 4.03. The molecule has 12 heavy (non-hydrogen) atoms. The van der Waals surface area contributed by atoms with Gasteiger partial charge in [-0.15, -0.1) is 0 Å². The molecular weight excluding hydrogens is 152 g/mol. The van der Waals surface area contributed by atoms with E-state index in [-0.39, 0.29) is 5.92 Å². The van der Waals surface area contributed by atoms with Crippen LogP contribution in [-0.4, -0.2) is 6.29 Å². The van der Waals surface area contributed by atoms with Gasteiger partial charge in [0.05, 0.1) is 12.1 Å². The van der Waals surface area contributed by atoms with Crippen LogP contribution >= 0.6 is 0 Å². The Morgan fingerprint density at radius 1 is 1.33 bits per heavy atom. The molecule has 0 heterocycles. The largest absolute Gasteiger partial charge is 0.302 e. The minimum Gasteiger partial charge on any atom is -0.302 e. The lowest BCUT2D eigenvalue weighted by atomic mass is 9.73.